The topological polar surface area (TPSA) is 42.6 Å². The van der Waals surface area contributed by atoms with Crippen molar-refractivity contribution in [2.45, 2.75) is 38.9 Å². The molecule has 0 saturated carbocycles. The molecule has 82 valence electrons. The standard InChI is InChI=1S/C10H18B2O3/c1-9(2,13)10(3,4)15-12-8-6-5-7(11)14-8/h5-6,12-13H,11H2,1-4H3. The van der Waals surface area contributed by atoms with E-state index in [1.165, 1.54) is 0 Å². The molecular weight excluding hydrogens is 190 g/mol. The summed E-state index contributed by atoms with van der Waals surface area (Å²) >= 11 is 0. The number of rotatable bonds is 4. The molecule has 0 bridgehead atoms. The fraction of sp³-hybridized carbons (Fsp3) is 0.600. The van der Waals surface area contributed by atoms with Crippen LogP contribution in [0.25, 0.3) is 0 Å². The lowest BCUT2D eigenvalue weighted by atomic mass is 9.85. The Balaban J connectivity index is 2.57. The first-order chi connectivity index (χ1) is 6.72. The van der Waals surface area contributed by atoms with E-state index in [4.69, 9.17) is 9.07 Å². The van der Waals surface area contributed by atoms with Crippen molar-refractivity contribution < 1.29 is 14.2 Å². The maximum atomic E-state index is 9.87. The van der Waals surface area contributed by atoms with Crippen molar-refractivity contribution >= 4 is 26.6 Å². The van der Waals surface area contributed by atoms with Crippen LogP contribution < -0.4 is 11.3 Å². The second-order valence-corrected chi connectivity index (χ2v) is 4.87. The van der Waals surface area contributed by atoms with Crippen LogP contribution in [0.2, 0.25) is 0 Å². The van der Waals surface area contributed by atoms with Gasteiger partial charge in [-0.3, -0.25) is 0 Å². The molecule has 0 spiro atoms. The van der Waals surface area contributed by atoms with Crippen molar-refractivity contribution in [3.63, 3.8) is 0 Å². The van der Waals surface area contributed by atoms with Crippen molar-refractivity contribution in [1.29, 1.82) is 0 Å². The fourth-order valence-electron chi connectivity index (χ4n) is 0.991. The number of hydrogen-bond acceptors (Lipinski definition) is 3. The van der Waals surface area contributed by atoms with Gasteiger partial charge in [0.15, 0.2) is 7.85 Å². The fourth-order valence-corrected chi connectivity index (χ4v) is 0.991. The first-order valence-corrected chi connectivity index (χ1v) is 5.14. The lowest BCUT2D eigenvalue weighted by molar-refractivity contribution is -0.0895. The Kier molecular flexibility index (Phi) is 3.36. The van der Waals surface area contributed by atoms with Gasteiger partial charge in [0, 0.05) is 0 Å². The molecule has 3 nitrogen and oxygen atoms in total. The van der Waals surface area contributed by atoms with Crippen molar-refractivity contribution in [1.82, 2.24) is 0 Å². The molecule has 1 aromatic heterocycles. The van der Waals surface area contributed by atoms with Gasteiger partial charge in [-0.15, -0.1) is 0 Å². The molecule has 1 heterocycles. The molecule has 1 N–H and O–H groups in total. The van der Waals surface area contributed by atoms with Gasteiger partial charge >= 0.3 is 7.48 Å². The second kappa shape index (κ2) is 4.06. The molecule has 0 aliphatic carbocycles. The van der Waals surface area contributed by atoms with Crippen LogP contribution in [0.1, 0.15) is 27.7 Å². The van der Waals surface area contributed by atoms with Gasteiger partial charge in [-0.1, -0.05) is 0 Å². The van der Waals surface area contributed by atoms with Gasteiger partial charge < -0.3 is 14.2 Å². The Hall–Kier alpha value is -0.670. The lowest BCUT2D eigenvalue weighted by Crippen LogP contribution is -2.49. The monoisotopic (exact) mass is 208 g/mol. The summed E-state index contributed by atoms with van der Waals surface area (Å²) in [6.07, 6.45) is 0. The first kappa shape index (κ1) is 12.4. The Morgan fingerprint density at radius 2 is 1.93 bits per heavy atom. The van der Waals surface area contributed by atoms with Gasteiger partial charge in [-0.2, -0.15) is 0 Å². The van der Waals surface area contributed by atoms with E-state index >= 15 is 0 Å². The molecule has 1 rings (SSSR count). The van der Waals surface area contributed by atoms with Crippen LogP contribution in [0.4, 0.5) is 0 Å². The highest BCUT2D eigenvalue weighted by Gasteiger charge is 2.35. The van der Waals surface area contributed by atoms with E-state index in [0.29, 0.717) is 7.48 Å². The average Bonchev–Trinajstić information content (AvgIpc) is 2.46. The van der Waals surface area contributed by atoms with Gasteiger partial charge in [-0.05, 0) is 39.8 Å². The molecule has 0 amide bonds. The average molecular weight is 208 g/mol. The molecule has 15 heavy (non-hydrogen) atoms. The molecule has 0 radical (unpaired) electrons. The molecule has 0 saturated heterocycles. The summed E-state index contributed by atoms with van der Waals surface area (Å²) in [4.78, 5) is 0. The molecule has 0 unspecified atom stereocenters. The van der Waals surface area contributed by atoms with Gasteiger partial charge in [0.2, 0.25) is 0 Å². The summed E-state index contributed by atoms with van der Waals surface area (Å²) in [6.45, 7) is 7.20. The Morgan fingerprint density at radius 3 is 2.33 bits per heavy atom. The van der Waals surface area contributed by atoms with Gasteiger partial charge in [0.25, 0.3) is 0 Å². The van der Waals surface area contributed by atoms with E-state index in [1.807, 2.05) is 33.8 Å². The smallest absolute Gasteiger partial charge is 0.350 e. The summed E-state index contributed by atoms with van der Waals surface area (Å²) in [7, 11) is 2.27. The largest absolute Gasteiger partial charge is 0.484 e. The molecule has 0 fully saturated rings. The molecular formula is C10H18B2O3. The Bertz CT molecular complexity index is 326. The van der Waals surface area contributed by atoms with E-state index in [2.05, 4.69) is 0 Å². The van der Waals surface area contributed by atoms with Crippen LogP contribution in [-0.2, 0) is 4.65 Å². The summed E-state index contributed by atoms with van der Waals surface area (Å²) in [5.41, 5.74) is 0.169. The lowest BCUT2D eigenvalue weighted by Gasteiger charge is -2.37. The van der Waals surface area contributed by atoms with Gasteiger partial charge in [0.1, 0.15) is 0 Å². The number of furan rings is 1. The van der Waals surface area contributed by atoms with Crippen LogP contribution in [0, 0.1) is 0 Å². The van der Waals surface area contributed by atoms with Crippen LogP contribution in [0.15, 0.2) is 16.5 Å². The maximum Gasteiger partial charge on any atom is 0.350 e. The highest BCUT2D eigenvalue weighted by molar-refractivity contribution is 6.45. The summed E-state index contributed by atoms with van der Waals surface area (Å²) in [6, 6.07) is 3.78. The van der Waals surface area contributed by atoms with Crippen LogP contribution in [-0.4, -0.2) is 31.6 Å². The van der Waals surface area contributed by atoms with Crippen molar-refractivity contribution in [3.8, 4) is 0 Å². The molecule has 0 aliphatic heterocycles. The minimum absolute atomic E-state index is 0.380. The molecule has 1 aromatic rings. The zero-order valence-corrected chi connectivity index (χ0v) is 10.1. The van der Waals surface area contributed by atoms with Gasteiger partial charge in [0.05, 0.1) is 22.5 Å². The molecule has 5 heteroatoms. The first-order valence-electron chi connectivity index (χ1n) is 5.14. The normalized spacial score (nSPS) is 12.9. The van der Waals surface area contributed by atoms with E-state index in [1.54, 1.807) is 13.8 Å². The van der Waals surface area contributed by atoms with E-state index in [0.717, 1.165) is 11.3 Å². The SMILES string of the molecule is Bc1ccc(BOC(C)(C)C(C)(C)O)o1. The predicted molar refractivity (Wildman–Crippen MR) is 65.1 cm³/mol. The van der Waals surface area contributed by atoms with Crippen molar-refractivity contribution in [3.05, 3.63) is 12.1 Å². The Labute approximate surface area is 92.5 Å². The summed E-state index contributed by atoms with van der Waals surface area (Å²) in [5, 5.41) is 9.87. The van der Waals surface area contributed by atoms with Crippen LogP contribution in [0.5, 0.6) is 0 Å². The van der Waals surface area contributed by atoms with E-state index in [9.17, 15) is 5.11 Å². The maximum absolute atomic E-state index is 9.87. The third kappa shape index (κ3) is 3.14. The van der Waals surface area contributed by atoms with E-state index < -0.39 is 11.2 Å². The predicted octanol–water partition coefficient (Wildman–Crippen LogP) is -0.919. The zero-order chi connectivity index (χ0) is 11.7. The van der Waals surface area contributed by atoms with Gasteiger partial charge in [-0.25, -0.2) is 0 Å². The van der Waals surface area contributed by atoms with Crippen molar-refractivity contribution in [2.24, 2.45) is 0 Å². The zero-order valence-electron chi connectivity index (χ0n) is 10.1. The summed E-state index contributed by atoms with van der Waals surface area (Å²) < 4.78 is 11.0. The quantitative estimate of drug-likeness (QED) is 0.650. The van der Waals surface area contributed by atoms with Crippen LogP contribution in [0.3, 0.4) is 0 Å². The Morgan fingerprint density at radius 1 is 1.33 bits per heavy atom. The molecule has 0 aromatic carbocycles. The van der Waals surface area contributed by atoms with Crippen LogP contribution >= 0.6 is 0 Å². The summed E-state index contributed by atoms with van der Waals surface area (Å²) in [5.74, 6) is 0. The second-order valence-electron chi connectivity index (χ2n) is 4.87. The highest BCUT2D eigenvalue weighted by atomic mass is 16.5. The van der Waals surface area contributed by atoms with Crippen molar-refractivity contribution in [2.75, 3.05) is 0 Å². The molecule has 0 aliphatic rings. The minimum Gasteiger partial charge on any atom is -0.484 e. The minimum atomic E-state index is -0.880. The number of hydrogen-bond donors (Lipinski definition) is 1. The third-order valence-corrected chi connectivity index (χ3v) is 2.84. The number of aliphatic hydroxyl groups is 1. The highest BCUT2D eigenvalue weighted by Crippen LogP contribution is 2.24. The molecule has 0 atom stereocenters. The van der Waals surface area contributed by atoms with E-state index in [-0.39, 0.29) is 0 Å². The third-order valence-electron chi connectivity index (χ3n) is 2.84.